The zero-order chi connectivity index (χ0) is 18.9. The van der Waals surface area contributed by atoms with Crippen LogP contribution in [0.2, 0.25) is 0 Å². The second kappa shape index (κ2) is 6.80. The minimum atomic E-state index is -4.06. The third-order valence-electron chi connectivity index (χ3n) is 3.92. The lowest BCUT2D eigenvalue weighted by molar-refractivity contribution is 0.385. The highest BCUT2D eigenvalue weighted by Gasteiger charge is 2.26. The number of rotatable bonds is 5. The summed E-state index contributed by atoms with van der Waals surface area (Å²) in [6.45, 7) is 0. The molecule has 0 radical (unpaired) electrons. The molecule has 0 fully saturated rings. The topological polar surface area (TPSA) is 74.7 Å². The largest absolute Gasteiger partial charge is 0.497 e. The van der Waals surface area contributed by atoms with Crippen molar-refractivity contribution in [1.82, 2.24) is 4.98 Å². The summed E-state index contributed by atoms with van der Waals surface area (Å²) < 4.78 is 55.3. The summed E-state index contributed by atoms with van der Waals surface area (Å²) in [6, 6.07) is 8.47. The van der Waals surface area contributed by atoms with Crippen LogP contribution in [0.5, 0.6) is 17.2 Å². The first-order valence-corrected chi connectivity index (χ1v) is 9.00. The SMILES string of the molecule is COc1ccc2ncc(S(=O)(=O)c3ccc(OC)c(F)c3)c(OC)c2c1. The lowest BCUT2D eigenvalue weighted by Crippen LogP contribution is -2.06. The summed E-state index contributed by atoms with van der Waals surface area (Å²) in [4.78, 5) is 3.79. The molecule has 0 spiro atoms. The molecule has 0 aliphatic rings. The number of methoxy groups -OCH3 is 3. The number of halogens is 1. The van der Waals surface area contributed by atoms with E-state index in [9.17, 15) is 12.8 Å². The third-order valence-corrected chi connectivity index (χ3v) is 5.66. The van der Waals surface area contributed by atoms with Crippen molar-refractivity contribution >= 4 is 20.7 Å². The number of benzene rings is 2. The highest BCUT2D eigenvalue weighted by molar-refractivity contribution is 7.91. The van der Waals surface area contributed by atoms with Crippen molar-refractivity contribution in [1.29, 1.82) is 0 Å². The van der Waals surface area contributed by atoms with E-state index in [4.69, 9.17) is 14.2 Å². The van der Waals surface area contributed by atoms with Crippen LogP contribution >= 0.6 is 0 Å². The first-order chi connectivity index (χ1) is 12.4. The number of hydrogen-bond donors (Lipinski definition) is 0. The number of pyridine rings is 1. The predicted octanol–water partition coefficient (Wildman–Crippen LogP) is 3.23. The van der Waals surface area contributed by atoms with E-state index < -0.39 is 15.7 Å². The molecule has 0 N–H and O–H groups in total. The van der Waals surface area contributed by atoms with Gasteiger partial charge in [0.25, 0.3) is 0 Å². The van der Waals surface area contributed by atoms with Gasteiger partial charge in [0.15, 0.2) is 11.6 Å². The van der Waals surface area contributed by atoms with E-state index in [1.165, 1.54) is 39.7 Å². The molecule has 3 rings (SSSR count). The van der Waals surface area contributed by atoms with E-state index in [2.05, 4.69) is 4.98 Å². The number of sulfone groups is 1. The molecule has 1 aromatic heterocycles. The van der Waals surface area contributed by atoms with Crippen LogP contribution in [0.1, 0.15) is 0 Å². The lowest BCUT2D eigenvalue weighted by Gasteiger charge is -2.13. The van der Waals surface area contributed by atoms with Gasteiger partial charge in [-0.05, 0) is 36.4 Å². The van der Waals surface area contributed by atoms with E-state index in [-0.39, 0.29) is 21.3 Å². The second-order valence-electron chi connectivity index (χ2n) is 5.34. The fourth-order valence-corrected chi connectivity index (χ4v) is 3.99. The Balaban J connectivity index is 2.24. The van der Waals surface area contributed by atoms with Gasteiger partial charge in [0, 0.05) is 5.39 Å². The molecule has 0 atom stereocenters. The summed E-state index contributed by atoms with van der Waals surface area (Å²) in [7, 11) is 0.102. The molecule has 0 aliphatic carbocycles. The molecule has 0 unspecified atom stereocenters. The molecular formula is C18H16FNO5S. The maximum atomic E-state index is 14.0. The molecule has 3 aromatic rings. The van der Waals surface area contributed by atoms with Crippen molar-refractivity contribution in [3.05, 3.63) is 48.4 Å². The normalized spacial score (nSPS) is 11.4. The Morgan fingerprint density at radius 3 is 2.35 bits per heavy atom. The van der Waals surface area contributed by atoms with Crippen LogP contribution < -0.4 is 14.2 Å². The molecular weight excluding hydrogens is 361 g/mol. The zero-order valence-corrected chi connectivity index (χ0v) is 15.1. The van der Waals surface area contributed by atoms with E-state index in [1.807, 2.05) is 0 Å². The summed E-state index contributed by atoms with van der Waals surface area (Å²) in [5, 5.41) is 0.474. The van der Waals surface area contributed by atoms with Gasteiger partial charge in [-0.15, -0.1) is 0 Å². The average Bonchev–Trinajstić information content (AvgIpc) is 2.66. The number of ether oxygens (including phenoxy) is 3. The van der Waals surface area contributed by atoms with Crippen LogP contribution in [0.3, 0.4) is 0 Å². The van der Waals surface area contributed by atoms with Crippen LogP contribution in [0, 0.1) is 5.82 Å². The van der Waals surface area contributed by atoms with Crippen molar-refractivity contribution in [2.75, 3.05) is 21.3 Å². The van der Waals surface area contributed by atoms with Crippen molar-refractivity contribution in [3.63, 3.8) is 0 Å². The molecule has 1 heterocycles. The van der Waals surface area contributed by atoms with Crippen LogP contribution in [0.15, 0.2) is 52.4 Å². The minimum absolute atomic E-state index is 0.0442. The predicted molar refractivity (Wildman–Crippen MR) is 93.3 cm³/mol. The molecule has 2 aromatic carbocycles. The standard InChI is InChI=1S/C18H16FNO5S/c1-23-11-4-6-15-13(8-11)18(25-3)17(10-20-15)26(21,22)12-5-7-16(24-2)14(19)9-12/h4-10H,1-3H3. The fraction of sp³-hybridized carbons (Fsp3) is 0.167. The smallest absolute Gasteiger partial charge is 0.211 e. The Morgan fingerprint density at radius 1 is 0.962 bits per heavy atom. The fourth-order valence-electron chi connectivity index (χ4n) is 2.60. The molecule has 8 heteroatoms. The van der Waals surface area contributed by atoms with E-state index in [0.717, 1.165) is 6.07 Å². The number of aromatic nitrogens is 1. The van der Waals surface area contributed by atoms with Crippen LogP contribution in [-0.4, -0.2) is 34.7 Å². The molecule has 0 amide bonds. The van der Waals surface area contributed by atoms with E-state index in [1.54, 1.807) is 18.2 Å². The molecule has 136 valence electrons. The summed E-state index contributed by atoms with van der Waals surface area (Å²) >= 11 is 0. The van der Waals surface area contributed by atoms with Crippen molar-refractivity contribution in [2.45, 2.75) is 9.79 Å². The van der Waals surface area contributed by atoms with Crippen LogP contribution in [0.4, 0.5) is 4.39 Å². The molecule has 0 bridgehead atoms. The molecule has 0 saturated carbocycles. The van der Waals surface area contributed by atoms with Gasteiger partial charge < -0.3 is 14.2 Å². The first-order valence-electron chi connectivity index (χ1n) is 7.51. The summed E-state index contributed by atoms with van der Waals surface area (Å²) in [6.07, 6.45) is 1.20. The molecule has 0 saturated heterocycles. The van der Waals surface area contributed by atoms with Crippen molar-refractivity contribution in [3.8, 4) is 17.2 Å². The van der Waals surface area contributed by atoms with Crippen molar-refractivity contribution in [2.24, 2.45) is 0 Å². The Morgan fingerprint density at radius 2 is 1.73 bits per heavy atom. The lowest BCUT2D eigenvalue weighted by atomic mass is 10.2. The number of nitrogens with zero attached hydrogens (tertiary/aromatic N) is 1. The Kier molecular flexibility index (Phi) is 4.69. The Bertz CT molecular complexity index is 1080. The van der Waals surface area contributed by atoms with Gasteiger partial charge in [-0.25, -0.2) is 12.8 Å². The van der Waals surface area contributed by atoms with E-state index >= 15 is 0 Å². The monoisotopic (exact) mass is 377 g/mol. The Labute approximate surface area is 150 Å². The van der Waals surface area contributed by atoms with Crippen LogP contribution in [0.25, 0.3) is 10.9 Å². The second-order valence-corrected chi connectivity index (χ2v) is 7.26. The average molecular weight is 377 g/mol. The van der Waals surface area contributed by atoms with Gasteiger partial charge in [-0.3, -0.25) is 4.98 Å². The molecule has 0 aliphatic heterocycles. The van der Waals surface area contributed by atoms with Gasteiger partial charge >= 0.3 is 0 Å². The molecule has 6 nitrogen and oxygen atoms in total. The first kappa shape index (κ1) is 17.9. The van der Waals surface area contributed by atoms with E-state index in [0.29, 0.717) is 16.7 Å². The third kappa shape index (κ3) is 2.92. The highest BCUT2D eigenvalue weighted by atomic mass is 32.2. The van der Waals surface area contributed by atoms with Crippen molar-refractivity contribution < 1.29 is 27.0 Å². The highest BCUT2D eigenvalue weighted by Crippen LogP contribution is 2.36. The minimum Gasteiger partial charge on any atom is -0.497 e. The van der Waals surface area contributed by atoms with Gasteiger partial charge in [0.2, 0.25) is 9.84 Å². The zero-order valence-electron chi connectivity index (χ0n) is 14.3. The molecule has 26 heavy (non-hydrogen) atoms. The number of hydrogen-bond acceptors (Lipinski definition) is 6. The summed E-state index contributed by atoms with van der Waals surface area (Å²) in [5.74, 6) is -0.173. The Hall–Kier alpha value is -2.87. The quantitative estimate of drug-likeness (QED) is 0.680. The maximum absolute atomic E-state index is 14.0. The maximum Gasteiger partial charge on any atom is 0.211 e. The van der Waals surface area contributed by atoms with Gasteiger partial charge in [-0.2, -0.15) is 0 Å². The van der Waals surface area contributed by atoms with Gasteiger partial charge in [-0.1, -0.05) is 0 Å². The van der Waals surface area contributed by atoms with Gasteiger partial charge in [0.1, 0.15) is 16.4 Å². The van der Waals surface area contributed by atoms with Crippen LogP contribution in [-0.2, 0) is 9.84 Å². The summed E-state index contributed by atoms with van der Waals surface area (Å²) in [5.41, 5.74) is 0.544. The van der Waals surface area contributed by atoms with Gasteiger partial charge in [0.05, 0.1) is 37.9 Å². The number of fused-ring (bicyclic) bond motifs is 1.